The van der Waals surface area contributed by atoms with E-state index in [9.17, 15) is 8.42 Å². The summed E-state index contributed by atoms with van der Waals surface area (Å²) in [5, 5.41) is 11.4. The van der Waals surface area contributed by atoms with Gasteiger partial charge in [0.15, 0.2) is 0 Å². The maximum atomic E-state index is 11.6. The van der Waals surface area contributed by atoms with Crippen molar-refractivity contribution >= 4 is 21.8 Å². The third-order valence-electron chi connectivity index (χ3n) is 4.18. The van der Waals surface area contributed by atoms with E-state index in [4.69, 9.17) is 5.14 Å². The van der Waals surface area contributed by atoms with Gasteiger partial charge in [0.05, 0.1) is 5.25 Å². The van der Waals surface area contributed by atoms with Crippen LogP contribution in [0.25, 0.3) is 0 Å². The Morgan fingerprint density at radius 3 is 3.00 bits per heavy atom. The lowest BCUT2D eigenvalue weighted by atomic mass is 10.1. The van der Waals surface area contributed by atoms with Gasteiger partial charge in [0.25, 0.3) is 0 Å². The fourth-order valence-electron chi connectivity index (χ4n) is 2.96. The molecule has 0 amide bonds. The van der Waals surface area contributed by atoms with Crippen molar-refractivity contribution in [3.05, 3.63) is 12.3 Å². The summed E-state index contributed by atoms with van der Waals surface area (Å²) < 4.78 is 23.1. The van der Waals surface area contributed by atoms with Crippen LogP contribution in [-0.4, -0.2) is 55.9 Å². The van der Waals surface area contributed by atoms with Crippen LogP contribution in [0.1, 0.15) is 19.3 Å². The average Bonchev–Trinajstić information content (AvgIpc) is 3.00. The number of anilines is 2. The quantitative estimate of drug-likeness (QED) is 0.684. The molecule has 3 heterocycles. The van der Waals surface area contributed by atoms with Crippen molar-refractivity contribution < 1.29 is 8.42 Å². The molecule has 2 atom stereocenters. The zero-order chi connectivity index (χ0) is 15.6. The Balaban J connectivity index is 1.71. The zero-order valence-electron chi connectivity index (χ0n) is 12.4. The van der Waals surface area contributed by atoms with Crippen LogP contribution in [0, 0.1) is 0 Å². The van der Waals surface area contributed by atoms with Crippen molar-refractivity contribution in [1.82, 2.24) is 15.3 Å². The first-order valence-electron chi connectivity index (χ1n) is 7.59. The predicted octanol–water partition coefficient (Wildman–Crippen LogP) is -0.492. The van der Waals surface area contributed by atoms with E-state index in [1.807, 2.05) is 11.0 Å². The first-order valence-corrected chi connectivity index (χ1v) is 9.20. The molecule has 0 spiro atoms. The first kappa shape index (κ1) is 15.4. The van der Waals surface area contributed by atoms with Crippen LogP contribution in [0.5, 0.6) is 0 Å². The van der Waals surface area contributed by atoms with E-state index in [1.165, 1.54) is 0 Å². The molecule has 0 saturated carbocycles. The normalized spacial score (nSPS) is 26.1. The van der Waals surface area contributed by atoms with E-state index < -0.39 is 15.3 Å². The number of rotatable bonds is 4. The van der Waals surface area contributed by atoms with Crippen LogP contribution in [0.4, 0.5) is 11.8 Å². The number of nitrogens with zero attached hydrogens (tertiary/aromatic N) is 3. The van der Waals surface area contributed by atoms with Gasteiger partial charge in [-0.05, 0) is 31.9 Å². The maximum Gasteiger partial charge on any atom is 0.227 e. The largest absolute Gasteiger partial charge is 0.366 e. The number of piperidine rings is 1. The molecule has 2 aliphatic heterocycles. The summed E-state index contributed by atoms with van der Waals surface area (Å²) in [6, 6.07) is 2.21. The van der Waals surface area contributed by atoms with E-state index in [-0.39, 0.29) is 0 Å². The van der Waals surface area contributed by atoms with E-state index in [0.29, 0.717) is 25.0 Å². The average molecular weight is 326 g/mol. The maximum absolute atomic E-state index is 11.6. The van der Waals surface area contributed by atoms with Gasteiger partial charge in [0.2, 0.25) is 16.0 Å². The van der Waals surface area contributed by atoms with Gasteiger partial charge < -0.3 is 15.5 Å². The van der Waals surface area contributed by atoms with Gasteiger partial charge in [-0.1, -0.05) is 0 Å². The van der Waals surface area contributed by atoms with Crippen LogP contribution in [0.2, 0.25) is 0 Å². The molecule has 1 aromatic heterocycles. The van der Waals surface area contributed by atoms with Crippen LogP contribution in [0.15, 0.2) is 12.3 Å². The predicted molar refractivity (Wildman–Crippen MR) is 85.3 cm³/mol. The van der Waals surface area contributed by atoms with Crippen molar-refractivity contribution in [1.29, 1.82) is 0 Å². The van der Waals surface area contributed by atoms with Crippen molar-refractivity contribution in [2.45, 2.75) is 30.6 Å². The number of aromatic nitrogens is 2. The molecule has 4 N–H and O–H groups in total. The smallest absolute Gasteiger partial charge is 0.227 e. The molecule has 122 valence electrons. The minimum atomic E-state index is -3.52. The SMILES string of the molecule is NS(=O)(=O)[C@H]1CCCN(c2nccc(NC3CCNC3)n2)C1. The van der Waals surface area contributed by atoms with Gasteiger partial charge in [-0.2, -0.15) is 4.98 Å². The Morgan fingerprint density at radius 2 is 2.27 bits per heavy atom. The molecular weight excluding hydrogens is 304 g/mol. The molecule has 0 radical (unpaired) electrons. The molecule has 1 unspecified atom stereocenters. The Labute approximate surface area is 130 Å². The second-order valence-corrected chi connectivity index (χ2v) is 7.72. The summed E-state index contributed by atoms with van der Waals surface area (Å²) in [4.78, 5) is 10.7. The Bertz CT molecular complexity index is 617. The van der Waals surface area contributed by atoms with Gasteiger partial charge in [-0.15, -0.1) is 0 Å². The molecule has 0 bridgehead atoms. The van der Waals surface area contributed by atoms with Gasteiger partial charge in [0.1, 0.15) is 5.82 Å². The second kappa shape index (κ2) is 6.35. The summed E-state index contributed by atoms with van der Waals surface area (Å²) in [6.45, 7) is 3.04. The van der Waals surface area contributed by atoms with E-state index in [1.54, 1.807) is 6.20 Å². The lowest BCUT2D eigenvalue weighted by Crippen LogP contribution is -2.45. The fraction of sp³-hybridized carbons (Fsp3) is 0.692. The van der Waals surface area contributed by atoms with Gasteiger partial charge >= 0.3 is 0 Å². The van der Waals surface area contributed by atoms with Gasteiger partial charge in [0, 0.05) is 31.9 Å². The van der Waals surface area contributed by atoms with Crippen LogP contribution in [-0.2, 0) is 10.0 Å². The fourth-order valence-corrected chi connectivity index (χ4v) is 3.84. The zero-order valence-corrected chi connectivity index (χ0v) is 13.2. The second-order valence-electron chi connectivity index (χ2n) is 5.88. The van der Waals surface area contributed by atoms with Gasteiger partial charge in [-0.25, -0.2) is 18.5 Å². The van der Waals surface area contributed by atoms with Crippen LogP contribution in [0.3, 0.4) is 0 Å². The molecule has 2 saturated heterocycles. The number of nitrogens with one attached hydrogen (secondary N) is 2. The minimum absolute atomic E-state index is 0.354. The highest BCUT2D eigenvalue weighted by molar-refractivity contribution is 7.89. The minimum Gasteiger partial charge on any atom is -0.366 e. The van der Waals surface area contributed by atoms with E-state index >= 15 is 0 Å². The molecule has 0 aromatic carbocycles. The van der Waals surface area contributed by atoms with Gasteiger partial charge in [-0.3, -0.25) is 0 Å². The lowest BCUT2D eigenvalue weighted by Gasteiger charge is -2.31. The Kier molecular flexibility index (Phi) is 4.46. The van der Waals surface area contributed by atoms with Crippen LogP contribution >= 0.6 is 0 Å². The third kappa shape index (κ3) is 3.65. The third-order valence-corrected chi connectivity index (χ3v) is 5.49. The summed E-state index contributed by atoms with van der Waals surface area (Å²) in [5.74, 6) is 1.33. The summed E-state index contributed by atoms with van der Waals surface area (Å²) in [7, 11) is -3.52. The molecule has 2 fully saturated rings. The summed E-state index contributed by atoms with van der Waals surface area (Å²) in [6.07, 6.45) is 4.14. The summed E-state index contributed by atoms with van der Waals surface area (Å²) >= 11 is 0. The number of primary sulfonamides is 1. The Hall–Kier alpha value is -1.45. The highest BCUT2D eigenvalue weighted by Gasteiger charge is 2.29. The summed E-state index contributed by atoms with van der Waals surface area (Å²) in [5.41, 5.74) is 0. The highest BCUT2D eigenvalue weighted by Crippen LogP contribution is 2.20. The molecule has 1 aromatic rings. The molecule has 22 heavy (non-hydrogen) atoms. The molecule has 8 nitrogen and oxygen atoms in total. The Morgan fingerprint density at radius 1 is 1.41 bits per heavy atom. The van der Waals surface area contributed by atoms with Crippen molar-refractivity contribution in [3.8, 4) is 0 Å². The van der Waals surface area contributed by atoms with Crippen molar-refractivity contribution in [2.75, 3.05) is 36.4 Å². The molecule has 3 rings (SSSR count). The van der Waals surface area contributed by atoms with E-state index in [2.05, 4.69) is 20.6 Å². The van der Waals surface area contributed by atoms with Crippen LogP contribution < -0.4 is 20.7 Å². The standard InChI is InChI=1S/C13H22N6O2S/c14-22(20,21)11-2-1-7-19(9-11)13-16-6-4-12(18-13)17-10-3-5-15-8-10/h4,6,10-11,15H,1-3,5,7-9H2,(H2,14,20,21)(H,16,17,18)/t10?,11-/m0/s1. The first-order chi connectivity index (χ1) is 10.5. The molecular formula is C13H22N6O2S. The highest BCUT2D eigenvalue weighted by atomic mass is 32.2. The van der Waals surface area contributed by atoms with E-state index in [0.717, 1.165) is 38.3 Å². The number of sulfonamides is 1. The monoisotopic (exact) mass is 326 g/mol. The lowest BCUT2D eigenvalue weighted by molar-refractivity contribution is 0.528. The molecule has 9 heteroatoms. The molecule has 0 aliphatic carbocycles. The van der Waals surface area contributed by atoms with Crippen molar-refractivity contribution in [2.24, 2.45) is 5.14 Å². The number of hydrogen-bond acceptors (Lipinski definition) is 7. The van der Waals surface area contributed by atoms with Crippen molar-refractivity contribution in [3.63, 3.8) is 0 Å². The number of nitrogens with two attached hydrogens (primary N) is 1. The topological polar surface area (TPSA) is 113 Å². The molecule has 2 aliphatic rings. The number of hydrogen-bond donors (Lipinski definition) is 3.